The van der Waals surface area contributed by atoms with E-state index in [-0.39, 0.29) is 0 Å². The Kier molecular flexibility index (Phi) is 3.51. The van der Waals surface area contributed by atoms with Crippen molar-refractivity contribution in [2.45, 2.75) is 6.54 Å². The summed E-state index contributed by atoms with van der Waals surface area (Å²) in [7, 11) is 1.94. The molecule has 2 aromatic rings. The van der Waals surface area contributed by atoms with Gasteiger partial charge in [0.2, 0.25) is 0 Å². The molecule has 0 aliphatic carbocycles. The minimum Gasteiger partial charge on any atom is -0.315 e. The van der Waals surface area contributed by atoms with Gasteiger partial charge in [-0.3, -0.25) is 0 Å². The largest absolute Gasteiger partial charge is 0.315 e. The summed E-state index contributed by atoms with van der Waals surface area (Å²) in [6, 6.07) is 10.3. The maximum Gasteiger partial charge on any atom is 0.0855 e. The van der Waals surface area contributed by atoms with E-state index in [2.05, 4.69) is 37.8 Å². The smallest absolute Gasteiger partial charge is 0.0855 e. The molecule has 1 heterocycles. The van der Waals surface area contributed by atoms with Gasteiger partial charge in [0.15, 0.2) is 0 Å². The topological polar surface area (TPSA) is 24.9 Å². The highest BCUT2D eigenvalue weighted by Gasteiger charge is 2.06. The number of hydrogen-bond donors (Lipinski definition) is 1. The Morgan fingerprint density at radius 3 is 2.93 bits per heavy atom. The van der Waals surface area contributed by atoms with E-state index in [4.69, 9.17) is 0 Å². The van der Waals surface area contributed by atoms with Gasteiger partial charge < -0.3 is 5.32 Å². The molecule has 0 fully saturated rings. The van der Waals surface area contributed by atoms with Crippen LogP contribution in [-0.4, -0.2) is 11.4 Å². The van der Waals surface area contributed by atoms with Crippen LogP contribution in [0.2, 0.25) is 0 Å². The number of aromatic nitrogens is 1. The zero-order valence-electron chi connectivity index (χ0n) is 8.33. The molecule has 0 radical (unpaired) electrons. The van der Waals surface area contributed by atoms with Gasteiger partial charge in [0.25, 0.3) is 0 Å². The first kappa shape index (κ1) is 10.8. The van der Waals surface area contributed by atoms with Crippen molar-refractivity contribution in [3.63, 3.8) is 0 Å². The lowest BCUT2D eigenvalue weighted by atomic mass is 10.1. The third-order valence-electron chi connectivity index (χ3n) is 2.06. The average Bonchev–Trinajstić information content (AvgIpc) is 2.68. The molecular formula is C11H11BrN2S. The molecule has 0 atom stereocenters. The first-order chi connectivity index (χ1) is 7.31. The third kappa shape index (κ3) is 2.45. The lowest BCUT2D eigenvalue weighted by Gasteiger charge is -1.98. The number of nitrogens with zero attached hydrogens (tertiary/aromatic N) is 1. The van der Waals surface area contributed by atoms with Crippen LogP contribution in [0.4, 0.5) is 0 Å². The van der Waals surface area contributed by atoms with Crippen LogP contribution in [0.25, 0.3) is 11.3 Å². The van der Waals surface area contributed by atoms with E-state index in [0.717, 1.165) is 22.3 Å². The second kappa shape index (κ2) is 4.88. The Bertz CT molecular complexity index is 453. The summed E-state index contributed by atoms with van der Waals surface area (Å²) in [6.45, 7) is 0.877. The summed E-state index contributed by atoms with van der Waals surface area (Å²) in [5.74, 6) is 0. The highest BCUT2D eigenvalue weighted by Crippen LogP contribution is 2.28. The van der Waals surface area contributed by atoms with E-state index < -0.39 is 0 Å². The summed E-state index contributed by atoms with van der Waals surface area (Å²) < 4.78 is 5.53. The minimum absolute atomic E-state index is 0.877. The predicted octanol–water partition coefficient (Wildman–Crippen LogP) is 3.29. The van der Waals surface area contributed by atoms with Crippen LogP contribution in [0.3, 0.4) is 0 Å². The van der Waals surface area contributed by atoms with E-state index in [1.165, 1.54) is 4.88 Å². The molecule has 0 unspecified atom stereocenters. The molecule has 0 bridgehead atoms. The number of hydrogen-bond acceptors (Lipinski definition) is 3. The Hall–Kier alpha value is -0.710. The van der Waals surface area contributed by atoms with Gasteiger partial charge in [-0.1, -0.05) is 34.1 Å². The lowest BCUT2D eigenvalue weighted by Crippen LogP contribution is -2.02. The molecule has 1 N–H and O–H groups in total. The van der Waals surface area contributed by atoms with Crippen molar-refractivity contribution in [1.29, 1.82) is 0 Å². The SMILES string of the molecule is CNCc1cc(-c2ccccc2Br)ns1. The Balaban J connectivity index is 2.33. The van der Waals surface area contributed by atoms with Crippen LogP contribution in [-0.2, 0) is 6.54 Å². The quantitative estimate of drug-likeness (QED) is 0.935. The summed E-state index contributed by atoms with van der Waals surface area (Å²) >= 11 is 5.07. The molecule has 0 spiro atoms. The van der Waals surface area contributed by atoms with E-state index in [9.17, 15) is 0 Å². The van der Waals surface area contributed by atoms with Gasteiger partial charge in [-0.05, 0) is 30.7 Å². The second-order valence-corrected chi connectivity index (χ2v) is 4.93. The van der Waals surface area contributed by atoms with Crippen molar-refractivity contribution in [3.05, 3.63) is 39.7 Å². The number of rotatable bonds is 3. The first-order valence-electron chi connectivity index (χ1n) is 4.66. The molecule has 0 amide bonds. The van der Waals surface area contributed by atoms with Gasteiger partial charge in [-0.15, -0.1) is 0 Å². The Morgan fingerprint density at radius 2 is 2.20 bits per heavy atom. The number of halogens is 1. The average molecular weight is 283 g/mol. The standard InChI is InChI=1S/C11H11BrN2S/c1-13-7-8-6-11(14-15-8)9-4-2-3-5-10(9)12/h2-6,13H,7H2,1H3. The van der Waals surface area contributed by atoms with Crippen molar-refractivity contribution >= 4 is 27.5 Å². The molecule has 15 heavy (non-hydrogen) atoms. The van der Waals surface area contributed by atoms with Crippen molar-refractivity contribution in [3.8, 4) is 11.3 Å². The molecular weight excluding hydrogens is 272 g/mol. The molecule has 2 rings (SSSR count). The zero-order chi connectivity index (χ0) is 10.7. The predicted molar refractivity (Wildman–Crippen MR) is 68.0 cm³/mol. The molecule has 1 aromatic carbocycles. The summed E-state index contributed by atoms with van der Waals surface area (Å²) in [6.07, 6.45) is 0. The van der Waals surface area contributed by atoms with Gasteiger partial charge in [-0.25, -0.2) is 0 Å². The van der Waals surface area contributed by atoms with Crippen molar-refractivity contribution in [2.75, 3.05) is 7.05 Å². The molecule has 4 heteroatoms. The molecule has 0 aliphatic heterocycles. The van der Waals surface area contributed by atoms with E-state index in [1.54, 1.807) is 11.5 Å². The fourth-order valence-corrected chi connectivity index (χ4v) is 2.59. The maximum absolute atomic E-state index is 4.44. The molecule has 0 saturated carbocycles. The molecule has 0 saturated heterocycles. The van der Waals surface area contributed by atoms with Crippen molar-refractivity contribution in [1.82, 2.24) is 9.69 Å². The summed E-state index contributed by atoms with van der Waals surface area (Å²) in [4.78, 5) is 1.25. The fourth-order valence-electron chi connectivity index (χ4n) is 1.37. The monoisotopic (exact) mass is 282 g/mol. The third-order valence-corrected chi connectivity index (χ3v) is 3.54. The van der Waals surface area contributed by atoms with E-state index >= 15 is 0 Å². The van der Waals surface area contributed by atoms with Gasteiger partial charge in [0, 0.05) is 21.5 Å². The van der Waals surface area contributed by atoms with Crippen molar-refractivity contribution in [2.24, 2.45) is 0 Å². The summed E-state index contributed by atoms with van der Waals surface area (Å²) in [5, 5.41) is 3.12. The highest BCUT2D eigenvalue weighted by atomic mass is 79.9. The van der Waals surface area contributed by atoms with Gasteiger partial charge in [0.1, 0.15) is 0 Å². The molecule has 0 aliphatic rings. The maximum atomic E-state index is 4.44. The van der Waals surface area contributed by atoms with Crippen LogP contribution in [0.5, 0.6) is 0 Å². The van der Waals surface area contributed by atoms with E-state index in [1.807, 2.05) is 25.2 Å². The Morgan fingerprint density at radius 1 is 1.40 bits per heavy atom. The fraction of sp³-hybridized carbons (Fsp3) is 0.182. The first-order valence-corrected chi connectivity index (χ1v) is 6.23. The number of benzene rings is 1. The summed E-state index contributed by atoms with van der Waals surface area (Å²) in [5.41, 5.74) is 2.19. The molecule has 2 nitrogen and oxygen atoms in total. The van der Waals surface area contributed by atoms with Gasteiger partial charge in [0.05, 0.1) is 5.69 Å². The molecule has 1 aromatic heterocycles. The van der Waals surface area contributed by atoms with Crippen molar-refractivity contribution < 1.29 is 0 Å². The van der Waals surface area contributed by atoms with Crippen LogP contribution in [0.1, 0.15) is 4.88 Å². The van der Waals surface area contributed by atoms with Crippen LogP contribution < -0.4 is 5.32 Å². The number of nitrogens with one attached hydrogen (secondary N) is 1. The van der Waals surface area contributed by atoms with Crippen LogP contribution in [0.15, 0.2) is 34.8 Å². The van der Waals surface area contributed by atoms with Gasteiger partial charge >= 0.3 is 0 Å². The van der Waals surface area contributed by atoms with Crippen LogP contribution >= 0.6 is 27.5 Å². The Labute approximate surface area is 102 Å². The highest BCUT2D eigenvalue weighted by molar-refractivity contribution is 9.10. The molecule has 78 valence electrons. The van der Waals surface area contributed by atoms with Gasteiger partial charge in [-0.2, -0.15) is 4.37 Å². The van der Waals surface area contributed by atoms with E-state index in [0.29, 0.717) is 0 Å². The second-order valence-electron chi connectivity index (χ2n) is 3.19. The zero-order valence-corrected chi connectivity index (χ0v) is 10.7. The van der Waals surface area contributed by atoms with Crippen LogP contribution in [0, 0.1) is 0 Å². The lowest BCUT2D eigenvalue weighted by molar-refractivity contribution is 0.831. The normalized spacial score (nSPS) is 10.5. The minimum atomic E-state index is 0.877.